The van der Waals surface area contributed by atoms with E-state index in [1.54, 1.807) is 31.3 Å². The van der Waals surface area contributed by atoms with E-state index in [1.807, 2.05) is 32.0 Å². The molecule has 0 spiro atoms. The van der Waals surface area contributed by atoms with Crippen LogP contribution in [0.2, 0.25) is 0 Å². The van der Waals surface area contributed by atoms with Gasteiger partial charge in [-0.15, -0.1) is 24.0 Å². The molecule has 0 fully saturated rings. The third kappa shape index (κ3) is 7.46. The van der Waals surface area contributed by atoms with E-state index in [9.17, 15) is 9.18 Å². The second kappa shape index (κ2) is 12.3. The molecule has 7 heteroatoms. The standard InChI is InChI=1S/C21H27FN4O.HI/c1-4-15(2)26-20(27)17-10-7-8-16(12-17)13-24-21(23-3)25-14-18-9-5-6-11-19(18)22;/h5-12,15H,4,13-14H2,1-3H3,(H,26,27)(H2,23,24,25);1H. The van der Waals surface area contributed by atoms with E-state index >= 15 is 0 Å². The van der Waals surface area contributed by atoms with Crippen molar-refractivity contribution in [3.8, 4) is 0 Å². The lowest BCUT2D eigenvalue weighted by atomic mass is 10.1. The Labute approximate surface area is 183 Å². The molecule has 0 heterocycles. The molecule has 2 aromatic carbocycles. The van der Waals surface area contributed by atoms with Gasteiger partial charge in [0.2, 0.25) is 0 Å². The fourth-order valence-electron chi connectivity index (χ4n) is 2.46. The van der Waals surface area contributed by atoms with Crippen molar-refractivity contribution in [1.82, 2.24) is 16.0 Å². The first kappa shape index (κ1) is 23.9. The first-order valence-electron chi connectivity index (χ1n) is 9.11. The van der Waals surface area contributed by atoms with Crippen molar-refractivity contribution >= 4 is 35.8 Å². The number of nitrogens with one attached hydrogen (secondary N) is 3. The van der Waals surface area contributed by atoms with Crippen LogP contribution in [0.5, 0.6) is 0 Å². The summed E-state index contributed by atoms with van der Waals surface area (Å²) >= 11 is 0. The van der Waals surface area contributed by atoms with Gasteiger partial charge in [-0.05, 0) is 37.1 Å². The Kier molecular flexibility index (Phi) is 10.5. The lowest BCUT2D eigenvalue weighted by Crippen LogP contribution is -2.36. The van der Waals surface area contributed by atoms with Crippen LogP contribution in [0.3, 0.4) is 0 Å². The highest BCUT2D eigenvalue weighted by atomic mass is 127. The molecule has 0 saturated heterocycles. The number of hydrogen-bond donors (Lipinski definition) is 3. The van der Waals surface area contributed by atoms with Crippen LogP contribution in [0.15, 0.2) is 53.5 Å². The van der Waals surface area contributed by atoms with Gasteiger partial charge in [0, 0.05) is 37.3 Å². The first-order chi connectivity index (χ1) is 13.0. The van der Waals surface area contributed by atoms with Gasteiger partial charge in [-0.25, -0.2) is 4.39 Å². The average Bonchev–Trinajstić information content (AvgIpc) is 2.69. The SMILES string of the molecule is CCC(C)NC(=O)c1cccc(CNC(=NC)NCc2ccccc2F)c1.I. The van der Waals surface area contributed by atoms with Gasteiger partial charge in [-0.3, -0.25) is 9.79 Å². The van der Waals surface area contributed by atoms with Crippen LogP contribution < -0.4 is 16.0 Å². The van der Waals surface area contributed by atoms with Crippen molar-refractivity contribution in [2.45, 2.75) is 39.4 Å². The van der Waals surface area contributed by atoms with E-state index in [0.717, 1.165) is 12.0 Å². The van der Waals surface area contributed by atoms with Crippen LogP contribution in [-0.4, -0.2) is 25.0 Å². The number of halogens is 2. The maximum Gasteiger partial charge on any atom is 0.251 e. The number of aliphatic imine (C=N–C) groups is 1. The van der Waals surface area contributed by atoms with Gasteiger partial charge in [-0.2, -0.15) is 0 Å². The Morgan fingerprint density at radius 1 is 1.11 bits per heavy atom. The van der Waals surface area contributed by atoms with Crippen molar-refractivity contribution < 1.29 is 9.18 Å². The topological polar surface area (TPSA) is 65.5 Å². The monoisotopic (exact) mass is 498 g/mol. The Balaban J connectivity index is 0.00000392. The van der Waals surface area contributed by atoms with E-state index in [2.05, 4.69) is 20.9 Å². The van der Waals surface area contributed by atoms with Crippen LogP contribution >= 0.6 is 24.0 Å². The number of nitrogens with zero attached hydrogens (tertiary/aromatic N) is 1. The lowest BCUT2D eigenvalue weighted by Gasteiger charge is -2.14. The molecule has 3 N–H and O–H groups in total. The highest BCUT2D eigenvalue weighted by Gasteiger charge is 2.09. The summed E-state index contributed by atoms with van der Waals surface area (Å²) in [5, 5.41) is 9.23. The quantitative estimate of drug-likeness (QED) is 0.309. The number of rotatable bonds is 7. The van der Waals surface area contributed by atoms with Crippen LogP contribution in [0.25, 0.3) is 0 Å². The van der Waals surface area contributed by atoms with Crippen molar-refractivity contribution in [3.63, 3.8) is 0 Å². The number of carbonyl (C=O) groups excluding carboxylic acids is 1. The minimum atomic E-state index is -0.250. The molecule has 1 unspecified atom stereocenters. The van der Waals surface area contributed by atoms with E-state index in [4.69, 9.17) is 0 Å². The molecular weight excluding hydrogens is 470 g/mol. The highest BCUT2D eigenvalue weighted by molar-refractivity contribution is 14.0. The molecule has 2 rings (SSSR count). The normalized spacial score (nSPS) is 11.9. The molecule has 28 heavy (non-hydrogen) atoms. The smallest absolute Gasteiger partial charge is 0.251 e. The molecule has 1 amide bonds. The third-order valence-electron chi connectivity index (χ3n) is 4.27. The first-order valence-corrected chi connectivity index (χ1v) is 9.11. The van der Waals surface area contributed by atoms with Crippen LogP contribution in [0.1, 0.15) is 41.8 Å². The highest BCUT2D eigenvalue weighted by Crippen LogP contribution is 2.07. The maximum absolute atomic E-state index is 13.7. The summed E-state index contributed by atoms with van der Waals surface area (Å²) < 4.78 is 13.7. The summed E-state index contributed by atoms with van der Waals surface area (Å²) in [7, 11) is 1.66. The average molecular weight is 498 g/mol. The summed E-state index contributed by atoms with van der Waals surface area (Å²) in [5.41, 5.74) is 2.16. The molecule has 2 aromatic rings. The van der Waals surface area contributed by atoms with Crippen LogP contribution in [-0.2, 0) is 13.1 Å². The van der Waals surface area contributed by atoms with Gasteiger partial charge in [0.1, 0.15) is 5.82 Å². The number of benzene rings is 2. The van der Waals surface area contributed by atoms with Crippen molar-refractivity contribution in [1.29, 1.82) is 0 Å². The number of carbonyl (C=O) groups is 1. The minimum Gasteiger partial charge on any atom is -0.352 e. The number of hydrogen-bond acceptors (Lipinski definition) is 2. The van der Waals surface area contributed by atoms with E-state index < -0.39 is 0 Å². The molecule has 0 aliphatic heterocycles. The second-order valence-corrected chi connectivity index (χ2v) is 6.35. The molecule has 0 aliphatic carbocycles. The van der Waals surface area contributed by atoms with Gasteiger partial charge >= 0.3 is 0 Å². The molecule has 0 aromatic heterocycles. The van der Waals surface area contributed by atoms with Gasteiger partial charge in [0.25, 0.3) is 5.91 Å². The third-order valence-corrected chi connectivity index (χ3v) is 4.27. The molecular formula is C21H28FIN4O. The van der Waals surface area contributed by atoms with E-state index in [0.29, 0.717) is 30.2 Å². The predicted octanol–water partition coefficient (Wildman–Crippen LogP) is 3.84. The summed E-state index contributed by atoms with van der Waals surface area (Å²) in [5.74, 6) is 0.237. The van der Waals surface area contributed by atoms with Crippen LogP contribution in [0.4, 0.5) is 4.39 Å². The fourth-order valence-corrected chi connectivity index (χ4v) is 2.46. The zero-order chi connectivity index (χ0) is 19.6. The maximum atomic E-state index is 13.7. The van der Waals surface area contributed by atoms with Gasteiger partial charge in [0.05, 0.1) is 0 Å². The molecule has 152 valence electrons. The van der Waals surface area contributed by atoms with Gasteiger partial charge in [-0.1, -0.05) is 37.3 Å². The van der Waals surface area contributed by atoms with Crippen molar-refractivity contribution in [3.05, 3.63) is 71.0 Å². The fraction of sp³-hybridized carbons (Fsp3) is 0.333. The number of amides is 1. The summed E-state index contributed by atoms with van der Waals surface area (Å²) in [4.78, 5) is 16.4. The van der Waals surface area contributed by atoms with Gasteiger partial charge in [0.15, 0.2) is 5.96 Å². The predicted molar refractivity (Wildman–Crippen MR) is 123 cm³/mol. The largest absolute Gasteiger partial charge is 0.352 e. The second-order valence-electron chi connectivity index (χ2n) is 6.35. The Morgan fingerprint density at radius 2 is 1.82 bits per heavy atom. The van der Waals surface area contributed by atoms with Crippen molar-refractivity contribution in [2.24, 2.45) is 4.99 Å². The van der Waals surface area contributed by atoms with Crippen molar-refractivity contribution in [2.75, 3.05) is 7.05 Å². The van der Waals surface area contributed by atoms with Crippen LogP contribution in [0, 0.1) is 5.82 Å². The molecule has 0 saturated carbocycles. The Hall–Kier alpha value is -2.16. The zero-order valence-electron chi connectivity index (χ0n) is 16.5. The molecule has 1 atom stereocenters. The molecule has 0 aliphatic rings. The van der Waals surface area contributed by atoms with E-state index in [-0.39, 0.29) is 41.7 Å². The lowest BCUT2D eigenvalue weighted by molar-refractivity contribution is 0.0939. The van der Waals surface area contributed by atoms with E-state index in [1.165, 1.54) is 6.07 Å². The summed E-state index contributed by atoms with van der Waals surface area (Å²) in [6.07, 6.45) is 0.886. The number of guanidine groups is 1. The Bertz CT molecular complexity index is 797. The zero-order valence-corrected chi connectivity index (χ0v) is 18.8. The Morgan fingerprint density at radius 3 is 2.50 bits per heavy atom. The molecule has 5 nitrogen and oxygen atoms in total. The molecule has 0 bridgehead atoms. The van der Waals surface area contributed by atoms with Gasteiger partial charge < -0.3 is 16.0 Å². The summed E-state index contributed by atoms with van der Waals surface area (Å²) in [6, 6.07) is 14.2. The minimum absolute atomic E-state index is 0. The molecule has 0 radical (unpaired) electrons. The summed E-state index contributed by atoms with van der Waals surface area (Å²) in [6.45, 7) is 4.85.